The van der Waals surface area contributed by atoms with Gasteiger partial charge in [0.25, 0.3) is 0 Å². The number of benzene rings is 2. The van der Waals surface area contributed by atoms with Crippen LogP contribution in [0.3, 0.4) is 0 Å². The average molecular weight is 338 g/mol. The van der Waals surface area contributed by atoms with E-state index in [9.17, 15) is 4.39 Å². The SMILES string of the molecule is NC(c1cccc(Br)c1F)C1Cc2ccccc2S1. The summed E-state index contributed by atoms with van der Waals surface area (Å²) >= 11 is 4.96. The highest BCUT2D eigenvalue weighted by atomic mass is 79.9. The Balaban J connectivity index is 1.87. The summed E-state index contributed by atoms with van der Waals surface area (Å²) in [5, 5.41) is 0.196. The molecule has 0 amide bonds. The molecule has 2 aromatic carbocycles. The Kier molecular flexibility index (Phi) is 3.65. The Morgan fingerprint density at radius 2 is 2.00 bits per heavy atom. The first-order valence-corrected chi connectivity index (χ1v) is 7.78. The van der Waals surface area contributed by atoms with Crippen LogP contribution in [0.2, 0.25) is 0 Å². The second-order valence-electron chi connectivity index (χ2n) is 4.64. The van der Waals surface area contributed by atoms with Crippen molar-refractivity contribution < 1.29 is 4.39 Å². The molecule has 1 nitrogen and oxygen atoms in total. The maximum absolute atomic E-state index is 14.1. The number of thioether (sulfide) groups is 1. The Labute approximate surface area is 124 Å². The second-order valence-corrected chi connectivity index (χ2v) is 6.77. The maximum atomic E-state index is 14.1. The van der Waals surface area contributed by atoms with E-state index in [1.165, 1.54) is 10.5 Å². The summed E-state index contributed by atoms with van der Waals surface area (Å²) in [7, 11) is 0. The Morgan fingerprint density at radius 1 is 1.21 bits per heavy atom. The van der Waals surface area contributed by atoms with Crippen LogP contribution < -0.4 is 5.73 Å². The first-order valence-electron chi connectivity index (χ1n) is 6.11. The molecule has 1 aliphatic rings. The van der Waals surface area contributed by atoms with Gasteiger partial charge in [-0.3, -0.25) is 0 Å². The van der Waals surface area contributed by atoms with Crippen molar-refractivity contribution in [2.75, 3.05) is 0 Å². The smallest absolute Gasteiger partial charge is 0.142 e. The van der Waals surface area contributed by atoms with Gasteiger partial charge in [0.15, 0.2) is 0 Å². The fourth-order valence-electron chi connectivity index (χ4n) is 2.39. The number of hydrogen-bond donors (Lipinski definition) is 1. The third kappa shape index (κ3) is 2.45. The lowest BCUT2D eigenvalue weighted by Gasteiger charge is -2.19. The number of fused-ring (bicyclic) bond motifs is 1. The van der Waals surface area contributed by atoms with Gasteiger partial charge >= 0.3 is 0 Å². The molecule has 0 radical (unpaired) electrons. The van der Waals surface area contributed by atoms with E-state index in [4.69, 9.17) is 5.73 Å². The maximum Gasteiger partial charge on any atom is 0.142 e. The molecule has 0 spiro atoms. The topological polar surface area (TPSA) is 26.0 Å². The van der Waals surface area contributed by atoms with Crippen molar-refractivity contribution in [3.05, 3.63) is 63.9 Å². The minimum atomic E-state index is -0.296. The average Bonchev–Trinajstić information content (AvgIpc) is 2.85. The third-order valence-electron chi connectivity index (χ3n) is 3.41. The zero-order chi connectivity index (χ0) is 13.4. The van der Waals surface area contributed by atoms with Crippen LogP contribution in [-0.4, -0.2) is 5.25 Å². The van der Waals surface area contributed by atoms with Crippen LogP contribution in [0.1, 0.15) is 17.2 Å². The van der Waals surface area contributed by atoms with Gasteiger partial charge in [-0.2, -0.15) is 0 Å². The number of halogens is 2. The predicted octanol–water partition coefficient (Wildman–Crippen LogP) is 4.31. The number of rotatable bonds is 2. The van der Waals surface area contributed by atoms with Crippen LogP contribution in [-0.2, 0) is 6.42 Å². The van der Waals surface area contributed by atoms with Gasteiger partial charge in [-0.15, -0.1) is 11.8 Å². The van der Waals surface area contributed by atoms with E-state index in [2.05, 4.69) is 28.1 Å². The summed E-state index contributed by atoms with van der Waals surface area (Å²) < 4.78 is 14.6. The lowest BCUT2D eigenvalue weighted by Crippen LogP contribution is -2.24. The van der Waals surface area contributed by atoms with E-state index in [-0.39, 0.29) is 17.1 Å². The standard InChI is InChI=1S/C15H13BrFNS/c16-11-6-3-5-10(14(11)17)15(18)13-8-9-4-1-2-7-12(9)19-13/h1-7,13,15H,8,18H2. The largest absolute Gasteiger partial charge is 0.323 e. The van der Waals surface area contributed by atoms with E-state index in [0.29, 0.717) is 10.0 Å². The summed E-state index contributed by atoms with van der Waals surface area (Å²) in [6.45, 7) is 0. The summed E-state index contributed by atoms with van der Waals surface area (Å²) in [5.74, 6) is -0.244. The van der Waals surface area contributed by atoms with Crippen LogP contribution in [0, 0.1) is 5.82 Å². The zero-order valence-corrected chi connectivity index (χ0v) is 12.5. The van der Waals surface area contributed by atoms with Crippen molar-refractivity contribution in [2.45, 2.75) is 22.6 Å². The zero-order valence-electron chi connectivity index (χ0n) is 10.1. The van der Waals surface area contributed by atoms with Gasteiger partial charge in [0.1, 0.15) is 5.82 Å². The van der Waals surface area contributed by atoms with Crippen molar-refractivity contribution in [3.63, 3.8) is 0 Å². The van der Waals surface area contributed by atoms with Crippen LogP contribution in [0.25, 0.3) is 0 Å². The molecule has 0 bridgehead atoms. The van der Waals surface area contributed by atoms with E-state index >= 15 is 0 Å². The summed E-state index contributed by atoms with van der Waals surface area (Å²) in [4.78, 5) is 1.26. The van der Waals surface area contributed by atoms with E-state index < -0.39 is 0 Å². The molecule has 0 fully saturated rings. The number of nitrogens with two attached hydrogens (primary N) is 1. The highest BCUT2D eigenvalue weighted by Gasteiger charge is 2.29. The fourth-order valence-corrected chi connectivity index (χ4v) is 4.11. The first-order chi connectivity index (χ1) is 9.16. The molecular weight excluding hydrogens is 325 g/mol. The molecule has 2 aromatic rings. The van der Waals surface area contributed by atoms with Crippen LogP contribution in [0.5, 0.6) is 0 Å². The van der Waals surface area contributed by atoms with Crippen molar-refractivity contribution in [1.29, 1.82) is 0 Å². The van der Waals surface area contributed by atoms with Gasteiger partial charge < -0.3 is 5.73 Å². The molecule has 19 heavy (non-hydrogen) atoms. The molecule has 0 saturated heterocycles. The van der Waals surface area contributed by atoms with E-state index in [1.807, 2.05) is 18.2 Å². The summed E-state index contributed by atoms with van der Waals surface area (Å²) in [5.41, 5.74) is 8.16. The molecule has 2 unspecified atom stereocenters. The van der Waals surface area contributed by atoms with Crippen LogP contribution in [0.15, 0.2) is 51.8 Å². The Hall–Kier alpha value is -0.840. The van der Waals surface area contributed by atoms with Gasteiger partial charge in [-0.1, -0.05) is 30.3 Å². The second kappa shape index (κ2) is 5.27. The molecule has 1 aliphatic heterocycles. The van der Waals surface area contributed by atoms with Crippen LogP contribution >= 0.6 is 27.7 Å². The molecule has 3 rings (SSSR count). The van der Waals surface area contributed by atoms with Gasteiger partial charge in [0.2, 0.25) is 0 Å². The van der Waals surface area contributed by atoms with E-state index in [1.54, 1.807) is 23.9 Å². The molecule has 98 valence electrons. The highest BCUT2D eigenvalue weighted by Crippen LogP contribution is 2.42. The molecule has 4 heteroatoms. The van der Waals surface area contributed by atoms with Crippen molar-refractivity contribution >= 4 is 27.7 Å². The summed E-state index contributed by atoms with van der Waals surface area (Å²) in [6, 6.07) is 13.3. The lowest BCUT2D eigenvalue weighted by atomic mass is 9.99. The molecule has 2 atom stereocenters. The van der Waals surface area contributed by atoms with Crippen molar-refractivity contribution in [3.8, 4) is 0 Å². The molecular formula is C15H13BrFNS. The molecule has 0 saturated carbocycles. The van der Waals surface area contributed by atoms with Crippen molar-refractivity contribution in [1.82, 2.24) is 0 Å². The third-order valence-corrected chi connectivity index (χ3v) is 5.44. The monoisotopic (exact) mass is 337 g/mol. The molecule has 1 heterocycles. The lowest BCUT2D eigenvalue weighted by molar-refractivity contribution is 0.567. The first kappa shape index (κ1) is 13.2. The molecule has 2 N–H and O–H groups in total. The fraction of sp³-hybridized carbons (Fsp3) is 0.200. The molecule has 0 aliphatic carbocycles. The normalized spacial score (nSPS) is 19.2. The Morgan fingerprint density at radius 3 is 2.79 bits per heavy atom. The van der Waals surface area contributed by atoms with Crippen LogP contribution in [0.4, 0.5) is 4.39 Å². The van der Waals surface area contributed by atoms with Gasteiger partial charge in [-0.25, -0.2) is 4.39 Å². The highest BCUT2D eigenvalue weighted by molar-refractivity contribution is 9.10. The minimum absolute atomic E-state index is 0.196. The predicted molar refractivity (Wildman–Crippen MR) is 80.8 cm³/mol. The summed E-state index contributed by atoms with van der Waals surface area (Å²) in [6.07, 6.45) is 0.897. The number of hydrogen-bond acceptors (Lipinski definition) is 2. The Bertz CT molecular complexity index is 592. The van der Waals surface area contributed by atoms with E-state index in [0.717, 1.165) is 6.42 Å². The minimum Gasteiger partial charge on any atom is -0.323 e. The molecule has 0 aromatic heterocycles. The van der Waals surface area contributed by atoms with Gasteiger partial charge in [0.05, 0.1) is 4.47 Å². The quantitative estimate of drug-likeness (QED) is 0.883. The van der Waals surface area contributed by atoms with Gasteiger partial charge in [-0.05, 0) is 40.0 Å². The van der Waals surface area contributed by atoms with Crippen molar-refractivity contribution in [2.24, 2.45) is 5.73 Å². The van der Waals surface area contributed by atoms with Gasteiger partial charge in [0, 0.05) is 21.8 Å².